The third kappa shape index (κ3) is 9.24. The van der Waals surface area contributed by atoms with E-state index in [1.54, 1.807) is 0 Å². The summed E-state index contributed by atoms with van der Waals surface area (Å²) in [4.78, 5) is 16.3. The van der Waals surface area contributed by atoms with Crippen molar-refractivity contribution in [2.24, 2.45) is 11.8 Å². The Balaban J connectivity index is 0.000000334. The first-order valence-electron chi connectivity index (χ1n) is 15.0. The second-order valence-electron chi connectivity index (χ2n) is 11.2. The van der Waals surface area contributed by atoms with Crippen LogP contribution in [0.5, 0.6) is 0 Å². The average Bonchev–Trinajstić information content (AvgIpc) is 3.38. The van der Waals surface area contributed by atoms with Crippen molar-refractivity contribution in [2.75, 3.05) is 0 Å². The van der Waals surface area contributed by atoms with Gasteiger partial charge in [0.15, 0.2) is 11.4 Å². The van der Waals surface area contributed by atoms with Crippen molar-refractivity contribution < 1.29 is 34.4 Å². The Labute approximate surface area is 266 Å². The molecule has 1 radical (unpaired) electrons. The average molecular weight is 745 g/mol. The van der Waals surface area contributed by atoms with Crippen molar-refractivity contribution in [3.63, 3.8) is 0 Å². The number of carbonyl (C=O) groups is 1. The van der Waals surface area contributed by atoms with Crippen molar-refractivity contribution in [2.45, 2.75) is 87.0 Å². The van der Waals surface area contributed by atoms with E-state index in [0.29, 0.717) is 5.92 Å². The normalized spacial score (nSPS) is 11.5. The second kappa shape index (κ2) is 16.6. The number of nitrogens with zero attached hydrogens (tertiary/aromatic N) is 1. The van der Waals surface area contributed by atoms with Gasteiger partial charge in [-0.1, -0.05) is 85.7 Å². The monoisotopic (exact) mass is 745 g/mol. The number of pyridine rings is 1. The molecule has 2 heterocycles. The number of carbonyl (C=O) groups excluding carboxylic acids is 1. The van der Waals surface area contributed by atoms with Crippen molar-refractivity contribution >= 4 is 16.8 Å². The fourth-order valence-corrected chi connectivity index (χ4v) is 5.08. The van der Waals surface area contributed by atoms with Crippen LogP contribution < -0.4 is 0 Å². The first-order chi connectivity index (χ1) is 19.6. The third-order valence-corrected chi connectivity index (χ3v) is 7.77. The molecule has 0 aliphatic heterocycles. The predicted molar refractivity (Wildman–Crippen MR) is 171 cm³/mol. The maximum atomic E-state index is 11.7. The maximum absolute atomic E-state index is 11.7. The molecule has 0 unspecified atom stereocenters. The number of hydrogen-bond acceptors (Lipinski definition) is 4. The Hall–Kier alpha value is -3.01. The molecule has 0 aliphatic rings. The van der Waals surface area contributed by atoms with E-state index in [4.69, 9.17) is 4.42 Å². The summed E-state index contributed by atoms with van der Waals surface area (Å²) in [5.41, 5.74) is 7.52. The Bertz CT molecular complexity index is 1440. The number of aliphatic hydroxyl groups excluding tert-OH is 1. The molecule has 0 bridgehead atoms. The molecule has 0 amide bonds. The number of rotatable bonds is 10. The van der Waals surface area contributed by atoms with Gasteiger partial charge >= 0.3 is 0 Å². The van der Waals surface area contributed by atoms with E-state index in [2.05, 4.69) is 87.3 Å². The van der Waals surface area contributed by atoms with Crippen LogP contribution in [0.1, 0.15) is 89.8 Å². The van der Waals surface area contributed by atoms with Gasteiger partial charge in [0.1, 0.15) is 5.76 Å². The second-order valence-corrected chi connectivity index (χ2v) is 11.2. The molecule has 0 spiro atoms. The van der Waals surface area contributed by atoms with E-state index in [1.807, 2.05) is 33.9 Å². The van der Waals surface area contributed by atoms with Crippen LogP contribution in [0.3, 0.4) is 0 Å². The molecule has 5 heteroatoms. The molecule has 2 aromatic carbocycles. The Kier molecular flexibility index (Phi) is 13.9. The van der Waals surface area contributed by atoms with Gasteiger partial charge in [0.05, 0.1) is 12.0 Å². The van der Waals surface area contributed by atoms with Crippen molar-refractivity contribution in [1.82, 2.24) is 4.98 Å². The van der Waals surface area contributed by atoms with Gasteiger partial charge < -0.3 is 14.5 Å². The summed E-state index contributed by atoms with van der Waals surface area (Å²) >= 11 is 0. The summed E-state index contributed by atoms with van der Waals surface area (Å²) in [6.07, 6.45) is 6.71. The SMILES string of the molecule is CCC(CC)C(=O)/C=C(\O)C(CC)CC.Cc1[c-]c(-c2cc3cc(-c4ccc(C(C)C)cc4)oc3cn2)cc(C)c1.[Ir]. The van der Waals surface area contributed by atoms with Crippen LogP contribution >= 0.6 is 0 Å². The number of aliphatic hydroxyl groups is 1. The van der Waals surface area contributed by atoms with Crippen LogP contribution in [-0.2, 0) is 24.9 Å². The van der Waals surface area contributed by atoms with Crippen LogP contribution in [0.15, 0.2) is 71.0 Å². The zero-order valence-corrected chi connectivity index (χ0v) is 28.8. The van der Waals surface area contributed by atoms with Crippen LogP contribution in [-0.4, -0.2) is 15.9 Å². The van der Waals surface area contributed by atoms with Gasteiger partial charge in [-0.25, -0.2) is 0 Å². The van der Waals surface area contributed by atoms with Gasteiger partial charge in [0.2, 0.25) is 0 Å². The van der Waals surface area contributed by atoms with Crippen LogP contribution in [0.25, 0.3) is 33.6 Å². The number of hydrogen-bond donors (Lipinski definition) is 1. The van der Waals surface area contributed by atoms with E-state index in [-0.39, 0.29) is 43.5 Å². The summed E-state index contributed by atoms with van der Waals surface area (Å²) in [5, 5.41) is 10.8. The minimum absolute atomic E-state index is 0. The molecule has 1 N–H and O–H groups in total. The molecule has 0 saturated heterocycles. The summed E-state index contributed by atoms with van der Waals surface area (Å²) in [6.45, 7) is 16.6. The van der Waals surface area contributed by atoms with Crippen LogP contribution in [0.2, 0.25) is 0 Å². The number of fused-ring (bicyclic) bond motifs is 1. The number of allylic oxidation sites excluding steroid dienone is 2. The molecule has 42 heavy (non-hydrogen) atoms. The van der Waals surface area contributed by atoms with E-state index in [1.165, 1.54) is 17.2 Å². The van der Waals surface area contributed by atoms with Crippen LogP contribution in [0, 0.1) is 31.7 Å². The fraction of sp³-hybridized carbons (Fsp3) is 0.405. The van der Waals surface area contributed by atoms with Crippen molar-refractivity contribution in [3.05, 3.63) is 89.3 Å². The molecule has 0 fully saturated rings. The zero-order valence-electron chi connectivity index (χ0n) is 26.4. The van der Waals surface area contributed by atoms with E-state index < -0.39 is 0 Å². The Morgan fingerprint density at radius 3 is 2.10 bits per heavy atom. The first-order valence-corrected chi connectivity index (χ1v) is 15.0. The maximum Gasteiger partial charge on any atom is 0.162 e. The summed E-state index contributed by atoms with van der Waals surface area (Å²) < 4.78 is 6.02. The van der Waals surface area contributed by atoms with Gasteiger partial charge in [-0.3, -0.25) is 4.79 Å². The first kappa shape index (κ1) is 35.2. The molecule has 4 aromatic rings. The third-order valence-electron chi connectivity index (χ3n) is 7.77. The summed E-state index contributed by atoms with van der Waals surface area (Å²) in [5.74, 6) is 1.95. The molecule has 0 atom stereocenters. The summed E-state index contributed by atoms with van der Waals surface area (Å²) in [7, 11) is 0. The molecule has 2 aromatic heterocycles. The van der Waals surface area contributed by atoms with Crippen molar-refractivity contribution in [1.29, 1.82) is 0 Å². The summed E-state index contributed by atoms with van der Waals surface area (Å²) in [6, 6.07) is 20.4. The van der Waals surface area contributed by atoms with Gasteiger partial charge in [0.25, 0.3) is 0 Å². The zero-order chi connectivity index (χ0) is 30.1. The Morgan fingerprint density at radius 1 is 0.929 bits per heavy atom. The largest absolute Gasteiger partial charge is 0.512 e. The van der Waals surface area contributed by atoms with Crippen molar-refractivity contribution in [3.8, 4) is 22.6 Å². The van der Waals surface area contributed by atoms with Gasteiger partial charge in [-0.05, 0) is 48.9 Å². The number of benzene rings is 2. The molecule has 4 nitrogen and oxygen atoms in total. The molecule has 0 saturated carbocycles. The van der Waals surface area contributed by atoms with Gasteiger partial charge in [-0.15, -0.1) is 34.9 Å². The smallest absolute Gasteiger partial charge is 0.162 e. The van der Waals surface area contributed by atoms with Gasteiger partial charge in [-0.2, -0.15) is 0 Å². The van der Waals surface area contributed by atoms with Crippen LogP contribution in [0.4, 0.5) is 0 Å². The predicted octanol–water partition coefficient (Wildman–Crippen LogP) is 10.6. The molecular weight excluding hydrogens is 699 g/mol. The molecule has 4 rings (SSSR count). The molecular formula is C37H46IrNO3-. The molecule has 227 valence electrons. The molecule has 0 aliphatic carbocycles. The topological polar surface area (TPSA) is 63.3 Å². The Morgan fingerprint density at radius 2 is 1.55 bits per heavy atom. The van der Waals surface area contributed by atoms with E-state index >= 15 is 0 Å². The van der Waals surface area contributed by atoms with Gasteiger partial charge in [0, 0.05) is 49.0 Å². The number of aryl methyl sites for hydroxylation is 2. The minimum atomic E-state index is 0. The minimum Gasteiger partial charge on any atom is -0.512 e. The quantitative estimate of drug-likeness (QED) is 0.0998. The van der Waals surface area contributed by atoms with E-state index in [0.717, 1.165) is 64.8 Å². The number of ketones is 1. The standard InChI is InChI=1S/C24H22NO.C13H24O2.Ir/c1-15(2)18-5-7-19(8-6-18)23-13-21-12-22(25-14-24(21)26-23)20-10-16(3)9-17(4)11-20;1-5-10(6-2)12(14)9-13(15)11(7-3)8-4;/h5-10,12-15H,1-4H3;9-11,14H,5-8H2,1-4H3;/q-1;;/b;12-9-;. The fourth-order valence-electron chi connectivity index (χ4n) is 5.08. The number of furan rings is 1. The van der Waals surface area contributed by atoms with E-state index in [9.17, 15) is 9.90 Å². The number of aromatic nitrogens is 1.